The number of halogens is 1. The summed E-state index contributed by atoms with van der Waals surface area (Å²) in [6, 6.07) is 13.7. The van der Waals surface area contributed by atoms with E-state index >= 15 is 0 Å². The highest BCUT2D eigenvalue weighted by atomic mass is 19.1. The fraction of sp³-hybridized carbons (Fsp3) is 0.211. The second-order valence-electron chi connectivity index (χ2n) is 6.24. The van der Waals surface area contributed by atoms with Crippen LogP contribution in [-0.2, 0) is 17.9 Å². The minimum Gasteiger partial charge on any atom is -0.365 e. The van der Waals surface area contributed by atoms with Gasteiger partial charge in [0, 0.05) is 5.69 Å². The van der Waals surface area contributed by atoms with Crippen molar-refractivity contribution in [3.05, 3.63) is 76.9 Å². The molecule has 1 aromatic heterocycles. The number of hydrogen-bond donors (Lipinski definition) is 1. The Labute approximate surface area is 149 Å². The van der Waals surface area contributed by atoms with Crippen molar-refractivity contribution >= 4 is 11.6 Å². The van der Waals surface area contributed by atoms with Gasteiger partial charge in [0.25, 0.3) is 5.91 Å². The number of anilines is 1. The minimum absolute atomic E-state index is 0.214. The van der Waals surface area contributed by atoms with Gasteiger partial charge in [0.2, 0.25) is 0 Å². The van der Waals surface area contributed by atoms with Crippen LogP contribution in [0.5, 0.6) is 0 Å². The number of nitrogens with one attached hydrogen (secondary N) is 1. The molecule has 2 aromatic carbocycles. The molecule has 6 nitrogen and oxygen atoms in total. The van der Waals surface area contributed by atoms with Crippen LogP contribution in [0.1, 0.15) is 33.4 Å². The number of benzene rings is 2. The molecule has 0 fully saturated rings. The molecule has 0 saturated carbocycles. The lowest BCUT2D eigenvalue weighted by Gasteiger charge is -2.24. The quantitative estimate of drug-likeness (QED) is 0.786. The van der Waals surface area contributed by atoms with Crippen molar-refractivity contribution in [3.8, 4) is 0 Å². The molecule has 1 N–H and O–H groups in total. The first-order valence-corrected chi connectivity index (χ1v) is 8.27. The maximum absolute atomic E-state index is 13.1. The first-order chi connectivity index (χ1) is 12.6. The van der Waals surface area contributed by atoms with Gasteiger partial charge in [0.15, 0.2) is 5.69 Å². The van der Waals surface area contributed by atoms with Crippen LogP contribution in [0.15, 0.2) is 48.5 Å². The number of carbonyl (C=O) groups is 1. The number of nitrogens with zero attached hydrogens (tertiary/aromatic N) is 3. The lowest BCUT2D eigenvalue weighted by molar-refractivity contribution is -0.00174. The van der Waals surface area contributed by atoms with Crippen LogP contribution in [-0.4, -0.2) is 20.9 Å². The number of ether oxygens (including phenoxy) is 1. The summed E-state index contributed by atoms with van der Waals surface area (Å²) in [6.45, 7) is 2.59. The SMILES string of the molecule is Cc1cccc(NC(=O)c2nnn3c2COC(c2ccc(F)cc2)C3)c1. The van der Waals surface area contributed by atoms with Crippen molar-refractivity contribution in [1.29, 1.82) is 0 Å². The lowest BCUT2D eigenvalue weighted by atomic mass is 10.1. The standard InChI is InChI=1S/C19H17FN4O2/c1-12-3-2-4-15(9-12)21-19(25)18-16-11-26-17(10-24(16)23-22-18)13-5-7-14(20)8-6-13/h2-9,17H,10-11H2,1H3,(H,21,25). The largest absolute Gasteiger partial charge is 0.365 e. The third-order valence-electron chi connectivity index (χ3n) is 4.33. The third-order valence-corrected chi connectivity index (χ3v) is 4.33. The molecule has 3 aromatic rings. The van der Waals surface area contributed by atoms with Crippen LogP contribution >= 0.6 is 0 Å². The second-order valence-corrected chi connectivity index (χ2v) is 6.24. The van der Waals surface area contributed by atoms with Crippen LogP contribution in [0.25, 0.3) is 0 Å². The van der Waals surface area contributed by atoms with Crippen LogP contribution in [0.2, 0.25) is 0 Å². The topological polar surface area (TPSA) is 69.0 Å². The van der Waals surface area contributed by atoms with E-state index in [2.05, 4.69) is 15.6 Å². The molecule has 0 radical (unpaired) electrons. The Morgan fingerprint density at radius 1 is 1.27 bits per heavy atom. The molecule has 1 amide bonds. The zero-order valence-corrected chi connectivity index (χ0v) is 14.1. The molecule has 0 spiro atoms. The molecule has 0 bridgehead atoms. The Balaban J connectivity index is 1.52. The molecule has 1 aliphatic rings. The van der Waals surface area contributed by atoms with E-state index in [0.717, 1.165) is 11.1 Å². The average molecular weight is 352 g/mol. The van der Waals surface area contributed by atoms with Gasteiger partial charge in [0.05, 0.1) is 18.8 Å². The molecule has 1 unspecified atom stereocenters. The molecule has 0 aliphatic carbocycles. The summed E-state index contributed by atoms with van der Waals surface area (Å²) < 4.78 is 20.6. The lowest BCUT2D eigenvalue weighted by Crippen LogP contribution is -2.24. The predicted octanol–water partition coefficient (Wildman–Crippen LogP) is 3.25. The van der Waals surface area contributed by atoms with Gasteiger partial charge in [-0.3, -0.25) is 4.79 Å². The highest BCUT2D eigenvalue weighted by Gasteiger charge is 2.27. The van der Waals surface area contributed by atoms with Crippen molar-refractivity contribution < 1.29 is 13.9 Å². The zero-order valence-electron chi connectivity index (χ0n) is 14.1. The molecule has 1 aliphatic heterocycles. The number of aryl methyl sites for hydroxylation is 1. The summed E-state index contributed by atoms with van der Waals surface area (Å²) in [5.74, 6) is -0.609. The summed E-state index contributed by atoms with van der Waals surface area (Å²) >= 11 is 0. The molecule has 26 heavy (non-hydrogen) atoms. The van der Waals surface area contributed by atoms with Crippen LogP contribution < -0.4 is 5.32 Å². The van der Waals surface area contributed by atoms with E-state index < -0.39 is 0 Å². The van der Waals surface area contributed by atoms with Gasteiger partial charge in [-0.25, -0.2) is 9.07 Å². The molecule has 7 heteroatoms. The summed E-state index contributed by atoms with van der Waals surface area (Å²) in [4.78, 5) is 12.5. The first-order valence-electron chi connectivity index (χ1n) is 8.27. The predicted molar refractivity (Wildman–Crippen MR) is 93.1 cm³/mol. The second kappa shape index (κ2) is 6.68. The van der Waals surface area contributed by atoms with Crippen molar-refractivity contribution in [2.45, 2.75) is 26.2 Å². The summed E-state index contributed by atoms with van der Waals surface area (Å²) in [5.41, 5.74) is 3.51. The summed E-state index contributed by atoms with van der Waals surface area (Å²) in [7, 11) is 0. The van der Waals surface area contributed by atoms with Crippen LogP contribution in [0, 0.1) is 12.7 Å². The smallest absolute Gasteiger partial charge is 0.278 e. The highest BCUT2D eigenvalue weighted by Crippen LogP contribution is 2.27. The van der Waals surface area contributed by atoms with Gasteiger partial charge in [-0.05, 0) is 42.3 Å². The van der Waals surface area contributed by atoms with E-state index in [-0.39, 0.29) is 30.1 Å². The summed E-state index contributed by atoms with van der Waals surface area (Å²) in [6.07, 6.45) is -0.252. The molecule has 1 atom stereocenters. The van der Waals surface area contributed by atoms with Crippen molar-refractivity contribution in [2.24, 2.45) is 0 Å². The Bertz CT molecular complexity index is 952. The Hall–Kier alpha value is -3.06. The average Bonchev–Trinajstić information content (AvgIpc) is 3.05. The third kappa shape index (κ3) is 3.21. The zero-order chi connectivity index (χ0) is 18.1. The van der Waals surface area contributed by atoms with Gasteiger partial charge < -0.3 is 10.1 Å². The van der Waals surface area contributed by atoms with Gasteiger partial charge in [-0.15, -0.1) is 5.10 Å². The number of fused-ring (bicyclic) bond motifs is 1. The van der Waals surface area contributed by atoms with Gasteiger partial charge in [-0.2, -0.15) is 0 Å². The number of amides is 1. The van der Waals surface area contributed by atoms with Gasteiger partial charge in [0.1, 0.15) is 11.9 Å². The van der Waals surface area contributed by atoms with E-state index in [4.69, 9.17) is 4.74 Å². The van der Waals surface area contributed by atoms with Crippen molar-refractivity contribution in [2.75, 3.05) is 5.32 Å². The Kier molecular flexibility index (Phi) is 4.22. The van der Waals surface area contributed by atoms with Crippen molar-refractivity contribution in [3.63, 3.8) is 0 Å². The molecule has 4 rings (SSSR count). The van der Waals surface area contributed by atoms with Crippen molar-refractivity contribution in [1.82, 2.24) is 15.0 Å². The van der Waals surface area contributed by atoms with E-state index in [0.29, 0.717) is 17.9 Å². The number of rotatable bonds is 3. The minimum atomic E-state index is -0.319. The molecule has 0 saturated heterocycles. The number of hydrogen-bond acceptors (Lipinski definition) is 4. The molecular formula is C19H17FN4O2. The normalized spacial score (nSPS) is 16.2. The van der Waals surface area contributed by atoms with Crippen LogP contribution in [0.4, 0.5) is 10.1 Å². The van der Waals surface area contributed by atoms with Gasteiger partial charge >= 0.3 is 0 Å². The van der Waals surface area contributed by atoms with E-state index in [9.17, 15) is 9.18 Å². The highest BCUT2D eigenvalue weighted by molar-refractivity contribution is 6.03. The maximum Gasteiger partial charge on any atom is 0.278 e. The Morgan fingerprint density at radius 2 is 2.08 bits per heavy atom. The number of aromatic nitrogens is 3. The molecule has 132 valence electrons. The maximum atomic E-state index is 13.1. The fourth-order valence-corrected chi connectivity index (χ4v) is 2.98. The fourth-order valence-electron chi connectivity index (χ4n) is 2.98. The number of carbonyl (C=O) groups excluding carboxylic acids is 1. The molecule has 2 heterocycles. The monoisotopic (exact) mass is 352 g/mol. The summed E-state index contributed by atoms with van der Waals surface area (Å²) in [5, 5.41) is 10.9. The van der Waals surface area contributed by atoms with E-state index in [1.807, 2.05) is 31.2 Å². The first kappa shape index (κ1) is 16.4. The van der Waals surface area contributed by atoms with E-state index in [1.54, 1.807) is 16.8 Å². The van der Waals surface area contributed by atoms with Crippen LogP contribution in [0.3, 0.4) is 0 Å². The molecular weight excluding hydrogens is 335 g/mol. The van der Waals surface area contributed by atoms with E-state index in [1.165, 1.54) is 12.1 Å². The Morgan fingerprint density at radius 3 is 2.85 bits per heavy atom. The van der Waals surface area contributed by atoms with Gasteiger partial charge in [-0.1, -0.05) is 29.5 Å².